The topological polar surface area (TPSA) is 113 Å². The Balaban J connectivity index is 1.51. The Morgan fingerprint density at radius 1 is 1.11 bits per heavy atom. The summed E-state index contributed by atoms with van der Waals surface area (Å²) < 4.78 is 13.5. The van der Waals surface area contributed by atoms with Crippen molar-refractivity contribution in [2.75, 3.05) is 18.6 Å². The van der Waals surface area contributed by atoms with Crippen molar-refractivity contribution in [3.63, 3.8) is 0 Å². The van der Waals surface area contributed by atoms with Gasteiger partial charge in [-0.15, -0.1) is 10.2 Å². The van der Waals surface area contributed by atoms with Crippen LogP contribution in [0.25, 0.3) is 16.7 Å². The average Bonchev–Trinajstić information content (AvgIpc) is 3.10. The Bertz CT molecular complexity index is 1310. The summed E-state index contributed by atoms with van der Waals surface area (Å²) in [7, 11) is 0. The van der Waals surface area contributed by atoms with E-state index in [4.69, 9.17) is 9.47 Å². The van der Waals surface area contributed by atoms with Gasteiger partial charge in [0.25, 0.3) is 11.5 Å². The van der Waals surface area contributed by atoms with Crippen LogP contribution in [0, 0.1) is 6.92 Å². The van der Waals surface area contributed by atoms with Crippen LogP contribution >= 0.6 is 0 Å². The number of fused-ring (bicyclic) bond motifs is 4. The number of amides is 1. The highest BCUT2D eigenvalue weighted by atomic mass is 16.6. The molecule has 0 atom stereocenters. The third kappa shape index (κ3) is 2.54. The van der Waals surface area contributed by atoms with E-state index in [1.807, 2.05) is 6.92 Å². The Hall–Kier alpha value is -3.95. The van der Waals surface area contributed by atoms with Gasteiger partial charge in [-0.3, -0.25) is 15.0 Å². The van der Waals surface area contributed by atoms with Gasteiger partial charge in [-0.2, -0.15) is 5.10 Å². The summed E-state index contributed by atoms with van der Waals surface area (Å²) in [6, 6.07) is 8.25. The zero-order valence-electron chi connectivity index (χ0n) is 14.7. The van der Waals surface area contributed by atoms with Crippen LogP contribution in [-0.2, 0) is 0 Å². The van der Waals surface area contributed by atoms with E-state index in [-0.39, 0.29) is 5.52 Å². The molecule has 140 valence electrons. The number of hydrogen-bond acceptors (Lipinski definition) is 7. The number of aryl methyl sites for hydroxylation is 1. The number of hydrogen-bond donors (Lipinski definition) is 1. The number of nitrogens with one attached hydrogen (secondary N) is 1. The summed E-state index contributed by atoms with van der Waals surface area (Å²) in [6.07, 6.45) is 1.46. The lowest BCUT2D eigenvalue weighted by Gasteiger charge is -2.18. The molecule has 10 heteroatoms. The van der Waals surface area contributed by atoms with E-state index in [2.05, 4.69) is 20.7 Å². The fraction of sp³-hybridized carbons (Fsp3) is 0.167. The second-order valence-corrected chi connectivity index (χ2v) is 6.28. The molecule has 0 bridgehead atoms. The van der Waals surface area contributed by atoms with Crippen molar-refractivity contribution in [1.29, 1.82) is 0 Å². The minimum atomic E-state index is -0.508. The molecule has 0 spiro atoms. The number of nitrogens with zero attached hydrogens (tertiary/aromatic N) is 5. The molecule has 4 heterocycles. The first-order chi connectivity index (χ1) is 13.6. The van der Waals surface area contributed by atoms with Gasteiger partial charge >= 0.3 is 0 Å². The number of rotatable bonds is 2. The first kappa shape index (κ1) is 16.2. The number of pyridine rings is 1. The number of benzene rings is 1. The lowest BCUT2D eigenvalue weighted by molar-refractivity contribution is 0.101. The van der Waals surface area contributed by atoms with Crippen LogP contribution in [0.1, 0.15) is 16.1 Å². The predicted octanol–water partition coefficient (Wildman–Crippen LogP) is 0.903. The van der Waals surface area contributed by atoms with Crippen molar-refractivity contribution < 1.29 is 14.3 Å². The molecular formula is C18H14N6O4. The summed E-state index contributed by atoms with van der Waals surface area (Å²) in [5, 5.41) is 12.3. The lowest BCUT2D eigenvalue weighted by atomic mass is 10.2. The monoisotopic (exact) mass is 378 g/mol. The van der Waals surface area contributed by atoms with Crippen LogP contribution in [0.3, 0.4) is 0 Å². The van der Waals surface area contributed by atoms with Gasteiger partial charge in [0.15, 0.2) is 22.7 Å². The van der Waals surface area contributed by atoms with Crippen LogP contribution < -0.4 is 20.5 Å². The van der Waals surface area contributed by atoms with Crippen LogP contribution in [-0.4, -0.2) is 43.6 Å². The molecule has 1 aliphatic heterocycles. The molecule has 0 aliphatic carbocycles. The van der Waals surface area contributed by atoms with E-state index < -0.39 is 11.5 Å². The van der Waals surface area contributed by atoms with Crippen molar-refractivity contribution in [3.8, 4) is 11.5 Å². The van der Waals surface area contributed by atoms with Crippen molar-refractivity contribution in [3.05, 3.63) is 58.1 Å². The van der Waals surface area contributed by atoms with E-state index in [1.165, 1.54) is 6.20 Å². The molecule has 1 aliphatic rings. The van der Waals surface area contributed by atoms with Gasteiger partial charge in [-0.05, 0) is 31.2 Å². The molecule has 1 amide bonds. The first-order valence-electron chi connectivity index (χ1n) is 8.55. The Kier molecular flexibility index (Phi) is 3.51. The molecule has 1 aromatic carbocycles. The SMILES string of the molecule is Cc1cc2nnc3c(=O)n(NC(=O)c4ccc5c(c4)OCCO5)ccc3n2n1. The molecule has 4 aromatic rings. The van der Waals surface area contributed by atoms with Gasteiger partial charge in [-0.1, -0.05) is 0 Å². The number of carbonyl (C=O) groups excluding carboxylic acids is 1. The Morgan fingerprint density at radius 2 is 1.93 bits per heavy atom. The summed E-state index contributed by atoms with van der Waals surface area (Å²) >= 11 is 0. The molecular weight excluding hydrogens is 364 g/mol. The average molecular weight is 378 g/mol. The fourth-order valence-corrected chi connectivity index (χ4v) is 3.06. The van der Waals surface area contributed by atoms with Crippen molar-refractivity contribution in [2.24, 2.45) is 0 Å². The lowest BCUT2D eigenvalue weighted by Crippen LogP contribution is -2.33. The molecule has 0 saturated carbocycles. The molecule has 0 fully saturated rings. The molecule has 1 N–H and O–H groups in total. The largest absolute Gasteiger partial charge is 0.486 e. The Morgan fingerprint density at radius 3 is 2.79 bits per heavy atom. The van der Waals surface area contributed by atoms with Crippen molar-refractivity contribution >= 4 is 22.6 Å². The first-order valence-corrected chi connectivity index (χ1v) is 8.55. The van der Waals surface area contributed by atoms with Gasteiger partial charge in [0, 0.05) is 17.8 Å². The molecule has 0 radical (unpaired) electrons. The van der Waals surface area contributed by atoms with E-state index in [0.717, 1.165) is 10.4 Å². The predicted molar refractivity (Wildman–Crippen MR) is 98.4 cm³/mol. The molecule has 0 saturated heterocycles. The summed E-state index contributed by atoms with van der Waals surface area (Å²) in [5.74, 6) is 0.606. The molecule has 28 heavy (non-hydrogen) atoms. The van der Waals surface area contributed by atoms with Crippen LogP contribution in [0.15, 0.2) is 41.3 Å². The van der Waals surface area contributed by atoms with Crippen molar-refractivity contribution in [2.45, 2.75) is 6.92 Å². The minimum Gasteiger partial charge on any atom is -0.486 e. The number of aromatic nitrogens is 5. The maximum atomic E-state index is 12.7. The zero-order chi connectivity index (χ0) is 19.3. The van der Waals surface area contributed by atoms with E-state index >= 15 is 0 Å². The van der Waals surface area contributed by atoms with Gasteiger partial charge in [0.1, 0.15) is 18.7 Å². The van der Waals surface area contributed by atoms with E-state index in [9.17, 15) is 9.59 Å². The fourth-order valence-electron chi connectivity index (χ4n) is 3.06. The quantitative estimate of drug-likeness (QED) is 0.551. The zero-order valence-corrected chi connectivity index (χ0v) is 14.7. The normalized spacial score (nSPS) is 13.0. The summed E-state index contributed by atoms with van der Waals surface area (Å²) in [6.45, 7) is 2.71. The highest BCUT2D eigenvalue weighted by Crippen LogP contribution is 2.30. The molecule has 5 rings (SSSR count). The number of carbonyl (C=O) groups is 1. The van der Waals surface area contributed by atoms with E-state index in [0.29, 0.717) is 41.4 Å². The summed E-state index contributed by atoms with van der Waals surface area (Å²) in [4.78, 5) is 25.3. The van der Waals surface area contributed by atoms with E-state index in [1.54, 1.807) is 34.8 Å². The van der Waals surface area contributed by atoms with Crippen LogP contribution in [0.5, 0.6) is 11.5 Å². The molecule has 3 aromatic heterocycles. The third-order valence-electron chi connectivity index (χ3n) is 4.37. The molecule has 0 unspecified atom stereocenters. The minimum absolute atomic E-state index is 0.0978. The van der Waals surface area contributed by atoms with Gasteiger partial charge in [0.05, 0.1) is 5.69 Å². The highest BCUT2D eigenvalue weighted by Gasteiger charge is 2.16. The molecule has 10 nitrogen and oxygen atoms in total. The smallest absolute Gasteiger partial charge is 0.299 e. The second kappa shape index (κ2) is 6.05. The van der Waals surface area contributed by atoms with Gasteiger partial charge in [-0.25, -0.2) is 9.19 Å². The maximum Gasteiger partial charge on any atom is 0.299 e. The maximum absolute atomic E-state index is 12.7. The summed E-state index contributed by atoms with van der Waals surface area (Å²) in [5.41, 5.74) is 4.29. The third-order valence-corrected chi connectivity index (χ3v) is 4.37. The van der Waals surface area contributed by atoms with Gasteiger partial charge < -0.3 is 9.47 Å². The standard InChI is InChI=1S/C18H14N6O4/c1-10-8-15-19-20-16-12(24(15)21-10)4-5-23(18(16)26)22-17(25)11-2-3-13-14(9-11)28-7-6-27-13/h2-5,8-9H,6-7H2,1H3,(H,22,25). The van der Waals surface area contributed by atoms with Crippen molar-refractivity contribution in [1.82, 2.24) is 24.5 Å². The Labute approximate surface area is 157 Å². The number of ether oxygens (including phenoxy) is 2. The van der Waals surface area contributed by atoms with Gasteiger partial charge in [0.2, 0.25) is 0 Å². The van der Waals surface area contributed by atoms with Crippen LogP contribution in [0.2, 0.25) is 0 Å². The second-order valence-electron chi connectivity index (χ2n) is 6.28. The van der Waals surface area contributed by atoms with Crippen LogP contribution in [0.4, 0.5) is 0 Å². The highest BCUT2D eigenvalue weighted by molar-refractivity contribution is 6.00.